The van der Waals surface area contributed by atoms with E-state index in [4.69, 9.17) is 9.47 Å². The van der Waals surface area contributed by atoms with E-state index in [1.54, 1.807) is 13.8 Å². The maximum Gasteiger partial charge on any atom is 0.216 e. The van der Waals surface area contributed by atoms with Crippen molar-refractivity contribution in [2.45, 2.75) is 44.7 Å². The Morgan fingerprint density at radius 3 is 2.71 bits per heavy atom. The van der Waals surface area contributed by atoms with Crippen LogP contribution in [0.25, 0.3) is 0 Å². The first-order chi connectivity index (χ1) is 11.3. The zero-order valence-corrected chi connectivity index (χ0v) is 14.8. The van der Waals surface area contributed by atoms with E-state index in [0.29, 0.717) is 19.5 Å². The number of nitrogens with one attached hydrogen (secondary N) is 1. The summed E-state index contributed by atoms with van der Waals surface area (Å²) in [7, 11) is -3.54. The highest BCUT2D eigenvalue weighted by molar-refractivity contribution is 7.89. The number of rotatable bonds is 5. The third-order valence-electron chi connectivity index (χ3n) is 4.52. The first-order valence-corrected chi connectivity index (χ1v) is 9.68. The molecule has 134 valence electrons. The van der Waals surface area contributed by atoms with Crippen LogP contribution >= 0.6 is 0 Å². The number of sulfonamides is 1. The normalized spacial score (nSPS) is 25.4. The van der Waals surface area contributed by atoms with Gasteiger partial charge in [0.15, 0.2) is 5.79 Å². The molecule has 2 atom stereocenters. The third-order valence-corrected chi connectivity index (χ3v) is 6.40. The molecule has 2 N–H and O–H groups in total. The Morgan fingerprint density at radius 2 is 2.08 bits per heavy atom. The monoisotopic (exact) mass is 356 g/mol. The summed E-state index contributed by atoms with van der Waals surface area (Å²) in [4.78, 5) is 0. The molecule has 1 saturated heterocycles. The molecule has 2 heterocycles. The number of hydroxylamine groups is 1. The van der Waals surface area contributed by atoms with Crippen LogP contribution < -0.4 is 5.48 Å². The van der Waals surface area contributed by atoms with Crippen LogP contribution in [0.3, 0.4) is 0 Å². The summed E-state index contributed by atoms with van der Waals surface area (Å²) >= 11 is 0. The molecule has 7 nitrogen and oxygen atoms in total. The highest BCUT2D eigenvalue weighted by Gasteiger charge is 2.40. The zero-order chi connectivity index (χ0) is 17.4. The maximum atomic E-state index is 12.8. The molecule has 0 aliphatic carbocycles. The molecule has 0 radical (unpaired) electrons. The number of nitrogens with zero attached hydrogens (tertiary/aromatic N) is 1. The lowest BCUT2D eigenvalue weighted by atomic mass is 10.0. The van der Waals surface area contributed by atoms with Gasteiger partial charge >= 0.3 is 0 Å². The Morgan fingerprint density at radius 1 is 1.38 bits per heavy atom. The molecule has 3 rings (SSSR count). The lowest BCUT2D eigenvalue weighted by Crippen LogP contribution is -2.49. The van der Waals surface area contributed by atoms with Gasteiger partial charge in [-0.2, -0.15) is 9.79 Å². The van der Waals surface area contributed by atoms with Gasteiger partial charge in [-0.1, -0.05) is 24.3 Å². The molecule has 0 spiro atoms. The molecule has 2 aliphatic rings. The predicted octanol–water partition coefficient (Wildman–Crippen LogP) is 0.873. The van der Waals surface area contributed by atoms with Crippen molar-refractivity contribution in [2.75, 3.05) is 18.9 Å². The second-order valence-electron chi connectivity index (χ2n) is 6.73. The SMILES string of the molecule is CC1(C)OC[C@H](C(CS(=O)(=O)N2CCc3ccccc3C2)NO)O1. The molecular formula is C16H24N2O5S. The summed E-state index contributed by atoms with van der Waals surface area (Å²) in [5.41, 5.74) is 4.31. The predicted molar refractivity (Wildman–Crippen MR) is 88.0 cm³/mol. The van der Waals surface area contributed by atoms with Gasteiger partial charge in [0.1, 0.15) is 6.10 Å². The van der Waals surface area contributed by atoms with E-state index < -0.39 is 28.0 Å². The van der Waals surface area contributed by atoms with E-state index in [9.17, 15) is 13.6 Å². The van der Waals surface area contributed by atoms with Crippen LogP contribution in [0.2, 0.25) is 0 Å². The van der Waals surface area contributed by atoms with Crippen LogP contribution in [0.5, 0.6) is 0 Å². The van der Waals surface area contributed by atoms with E-state index in [2.05, 4.69) is 5.48 Å². The fourth-order valence-electron chi connectivity index (χ4n) is 3.18. The Kier molecular flexibility index (Phi) is 4.96. The molecule has 2 aliphatic heterocycles. The van der Waals surface area contributed by atoms with Crippen LogP contribution in [-0.2, 0) is 32.5 Å². The molecule has 1 aromatic carbocycles. The van der Waals surface area contributed by atoms with Crippen molar-refractivity contribution in [1.29, 1.82) is 0 Å². The third kappa shape index (κ3) is 3.79. The molecule has 0 aromatic heterocycles. The van der Waals surface area contributed by atoms with Crippen molar-refractivity contribution in [1.82, 2.24) is 9.79 Å². The fourth-order valence-corrected chi connectivity index (χ4v) is 4.84. The summed E-state index contributed by atoms with van der Waals surface area (Å²) in [5, 5.41) is 9.41. The van der Waals surface area contributed by atoms with Gasteiger partial charge in [0.05, 0.1) is 18.4 Å². The van der Waals surface area contributed by atoms with E-state index in [1.807, 2.05) is 24.3 Å². The van der Waals surface area contributed by atoms with Gasteiger partial charge in [0.25, 0.3) is 0 Å². The second-order valence-corrected chi connectivity index (χ2v) is 8.75. The van der Waals surface area contributed by atoms with Gasteiger partial charge in [-0.25, -0.2) is 8.42 Å². The first kappa shape index (κ1) is 17.8. The van der Waals surface area contributed by atoms with Gasteiger partial charge in [-0.05, 0) is 31.4 Å². The lowest BCUT2D eigenvalue weighted by molar-refractivity contribution is -0.144. The topological polar surface area (TPSA) is 88.1 Å². The molecule has 24 heavy (non-hydrogen) atoms. The fraction of sp³-hybridized carbons (Fsp3) is 0.625. The van der Waals surface area contributed by atoms with E-state index in [-0.39, 0.29) is 12.4 Å². The number of hydrogen-bond acceptors (Lipinski definition) is 6. The Labute approximate surface area is 142 Å². The van der Waals surface area contributed by atoms with Gasteiger partial charge in [-0.15, -0.1) is 0 Å². The molecule has 0 saturated carbocycles. The van der Waals surface area contributed by atoms with E-state index in [1.165, 1.54) is 9.87 Å². The standard InChI is InChI=1S/C16H24N2O5S/c1-16(2)22-10-15(23-16)14(17-19)11-24(20,21)18-8-7-12-5-3-4-6-13(12)9-18/h3-6,14-15,17,19H,7-11H2,1-2H3/t14?,15-/m1/s1. The van der Waals surface area contributed by atoms with E-state index >= 15 is 0 Å². The van der Waals surface area contributed by atoms with Gasteiger partial charge in [0.2, 0.25) is 10.0 Å². The molecule has 8 heteroatoms. The Bertz CT molecular complexity index is 691. The first-order valence-electron chi connectivity index (χ1n) is 8.07. The van der Waals surface area contributed by atoms with Crippen molar-refractivity contribution in [2.24, 2.45) is 0 Å². The van der Waals surface area contributed by atoms with Crippen LogP contribution in [0.4, 0.5) is 0 Å². The molecule has 0 amide bonds. The maximum absolute atomic E-state index is 12.8. The highest BCUT2D eigenvalue weighted by atomic mass is 32.2. The van der Waals surface area contributed by atoms with Crippen molar-refractivity contribution >= 4 is 10.0 Å². The van der Waals surface area contributed by atoms with Gasteiger partial charge in [-0.3, -0.25) is 0 Å². The molecular weight excluding hydrogens is 332 g/mol. The zero-order valence-electron chi connectivity index (χ0n) is 13.9. The summed E-state index contributed by atoms with van der Waals surface area (Å²) in [6.07, 6.45) is 0.180. The Balaban J connectivity index is 1.69. The average Bonchev–Trinajstić information content (AvgIpc) is 2.92. The smallest absolute Gasteiger partial charge is 0.216 e. The Hall–Kier alpha value is -1.03. The van der Waals surface area contributed by atoms with E-state index in [0.717, 1.165) is 5.56 Å². The van der Waals surface area contributed by atoms with Gasteiger partial charge in [0, 0.05) is 13.1 Å². The molecule has 0 bridgehead atoms. The molecule has 1 fully saturated rings. The molecule has 1 unspecified atom stereocenters. The summed E-state index contributed by atoms with van der Waals surface area (Å²) < 4.78 is 38.1. The van der Waals surface area contributed by atoms with Crippen molar-refractivity contribution < 1.29 is 23.1 Å². The van der Waals surface area contributed by atoms with Crippen molar-refractivity contribution in [3.05, 3.63) is 35.4 Å². The summed E-state index contributed by atoms with van der Waals surface area (Å²) in [5.74, 6) is -1.01. The largest absolute Gasteiger partial charge is 0.348 e. The minimum Gasteiger partial charge on any atom is -0.348 e. The minimum atomic E-state index is -3.54. The van der Waals surface area contributed by atoms with Crippen molar-refractivity contribution in [3.63, 3.8) is 0 Å². The highest BCUT2D eigenvalue weighted by Crippen LogP contribution is 2.26. The average molecular weight is 356 g/mol. The second kappa shape index (κ2) is 6.70. The lowest BCUT2D eigenvalue weighted by Gasteiger charge is -2.30. The number of benzene rings is 1. The summed E-state index contributed by atoms with van der Waals surface area (Å²) in [6, 6.07) is 7.12. The van der Waals surface area contributed by atoms with Crippen LogP contribution in [0, 0.1) is 0 Å². The minimum absolute atomic E-state index is 0.240. The van der Waals surface area contributed by atoms with Crippen molar-refractivity contribution in [3.8, 4) is 0 Å². The van der Waals surface area contributed by atoms with Crippen LogP contribution in [-0.4, -0.2) is 54.8 Å². The molecule has 1 aromatic rings. The number of ether oxygens (including phenoxy) is 2. The number of fused-ring (bicyclic) bond motifs is 1. The van der Waals surface area contributed by atoms with Gasteiger partial charge < -0.3 is 14.7 Å². The van der Waals surface area contributed by atoms with Crippen LogP contribution in [0.15, 0.2) is 24.3 Å². The summed E-state index contributed by atoms with van der Waals surface area (Å²) in [6.45, 7) is 4.58. The van der Waals surface area contributed by atoms with Crippen LogP contribution in [0.1, 0.15) is 25.0 Å². The quantitative estimate of drug-likeness (QED) is 0.762. The number of hydrogen-bond donors (Lipinski definition) is 2.